The quantitative estimate of drug-likeness (QED) is 0.386. The van der Waals surface area contributed by atoms with Crippen molar-refractivity contribution in [2.75, 3.05) is 6.54 Å². The van der Waals surface area contributed by atoms with Gasteiger partial charge in [0.05, 0.1) is 11.6 Å². The molecule has 8 heteroatoms. The minimum Gasteiger partial charge on any atom is -0.507 e. The SMILES string of the molecule is O=C(O)CCCN1C(=O)C(=O)/C(=C(\O)c2ccc(Br)cc2)C1c1ccccc1F. The van der Waals surface area contributed by atoms with E-state index in [1.165, 1.54) is 18.2 Å². The number of halogens is 2. The monoisotopic (exact) mass is 461 g/mol. The summed E-state index contributed by atoms with van der Waals surface area (Å²) < 4.78 is 15.3. The molecular formula is C21H17BrFNO5. The molecule has 1 fully saturated rings. The molecule has 2 N–H and O–H groups in total. The molecule has 2 aromatic carbocycles. The van der Waals surface area contributed by atoms with Gasteiger partial charge in [-0.3, -0.25) is 14.4 Å². The number of aliphatic hydroxyl groups is 1. The zero-order valence-corrected chi connectivity index (χ0v) is 16.7. The van der Waals surface area contributed by atoms with Gasteiger partial charge in [-0.25, -0.2) is 4.39 Å². The Morgan fingerprint density at radius 3 is 2.34 bits per heavy atom. The van der Waals surface area contributed by atoms with Gasteiger partial charge < -0.3 is 15.1 Å². The molecule has 0 aliphatic carbocycles. The van der Waals surface area contributed by atoms with Crippen molar-refractivity contribution < 1.29 is 29.0 Å². The van der Waals surface area contributed by atoms with Crippen molar-refractivity contribution in [3.8, 4) is 0 Å². The van der Waals surface area contributed by atoms with Crippen LogP contribution in [0.2, 0.25) is 0 Å². The first-order valence-electron chi connectivity index (χ1n) is 8.82. The third-order valence-electron chi connectivity index (χ3n) is 4.65. The third-order valence-corrected chi connectivity index (χ3v) is 5.18. The second kappa shape index (κ2) is 8.57. The summed E-state index contributed by atoms with van der Waals surface area (Å²) >= 11 is 3.28. The molecule has 150 valence electrons. The fourth-order valence-corrected chi connectivity index (χ4v) is 3.56. The van der Waals surface area contributed by atoms with Crippen molar-refractivity contribution in [2.45, 2.75) is 18.9 Å². The molecule has 1 saturated heterocycles. The molecule has 3 rings (SSSR count). The summed E-state index contributed by atoms with van der Waals surface area (Å²) in [6.07, 6.45) is -0.120. The van der Waals surface area contributed by atoms with E-state index in [0.29, 0.717) is 5.56 Å². The molecule has 29 heavy (non-hydrogen) atoms. The summed E-state index contributed by atoms with van der Waals surface area (Å²) in [6.45, 7) is -0.0625. The lowest BCUT2D eigenvalue weighted by atomic mass is 9.95. The standard InChI is InChI=1S/C21H17BrFNO5/c22-13-9-7-12(8-10-13)19(27)17-18(14-4-1-2-5-15(14)23)24(21(29)20(17)28)11-3-6-16(25)26/h1-2,4-5,7-10,18,27H,3,6,11H2,(H,25,26)/b19-17-. The number of Topliss-reactive ketones (excluding diaryl/α,β-unsaturated/α-hetero) is 1. The number of aliphatic carboxylic acids is 1. The van der Waals surface area contributed by atoms with Gasteiger partial charge in [-0.05, 0) is 24.6 Å². The lowest BCUT2D eigenvalue weighted by molar-refractivity contribution is -0.140. The number of hydrogen-bond acceptors (Lipinski definition) is 4. The number of carbonyl (C=O) groups excluding carboxylic acids is 2. The van der Waals surface area contributed by atoms with E-state index < -0.39 is 35.3 Å². The zero-order valence-electron chi connectivity index (χ0n) is 15.1. The summed E-state index contributed by atoms with van der Waals surface area (Å²) in [5.74, 6) is -3.93. The van der Waals surface area contributed by atoms with Crippen LogP contribution in [0.25, 0.3) is 5.76 Å². The topological polar surface area (TPSA) is 94.9 Å². The van der Waals surface area contributed by atoms with Crippen LogP contribution in [0.4, 0.5) is 4.39 Å². The van der Waals surface area contributed by atoms with Gasteiger partial charge in [0, 0.05) is 28.6 Å². The third kappa shape index (κ3) is 4.22. The van der Waals surface area contributed by atoms with Gasteiger partial charge in [0.25, 0.3) is 11.7 Å². The Kier molecular flexibility index (Phi) is 6.12. The molecule has 1 atom stereocenters. The van der Waals surface area contributed by atoms with Crippen LogP contribution in [0, 0.1) is 5.82 Å². The summed E-state index contributed by atoms with van der Waals surface area (Å²) in [7, 11) is 0. The number of carbonyl (C=O) groups is 3. The molecule has 1 aliphatic rings. The van der Waals surface area contributed by atoms with Crippen molar-refractivity contribution in [3.05, 3.63) is 75.5 Å². The maximum Gasteiger partial charge on any atom is 0.303 e. The smallest absolute Gasteiger partial charge is 0.303 e. The Bertz CT molecular complexity index is 1000. The number of rotatable bonds is 6. The molecule has 6 nitrogen and oxygen atoms in total. The van der Waals surface area contributed by atoms with Gasteiger partial charge in [0.2, 0.25) is 0 Å². The van der Waals surface area contributed by atoms with Crippen LogP contribution in [0.3, 0.4) is 0 Å². The number of carboxylic acid groups (broad SMARTS) is 1. The Hall–Kier alpha value is -3.00. The molecule has 1 unspecified atom stereocenters. The molecule has 0 bridgehead atoms. The molecule has 0 saturated carbocycles. The minimum atomic E-state index is -1.14. The number of ketones is 1. The maximum absolute atomic E-state index is 14.6. The van der Waals surface area contributed by atoms with Gasteiger partial charge in [-0.1, -0.05) is 46.3 Å². The van der Waals surface area contributed by atoms with Crippen LogP contribution in [0.1, 0.15) is 30.0 Å². The summed E-state index contributed by atoms with van der Waals surface area (Å²) in [4.78, 5) is 37.3. The zero-order chi connectivity index (χ0) is 21.1. The van der Waals surface area contributed by atoms with Gasteiger partial charge in [0.1, 0.15) is 11.6 Å². The normalized spacial score (nSPS) is 18.3. The van der Waals surface area contributed by atoms with Crippen molar-refractivity contribution in [3.63, 3.8) is 0 Å². The first-order chi connectivity index (χ1) is 13.8. The van der Waals surface area contributed by atoms with Crippen LogP contribution in [-0.2, 0) is 14.4 Å². The van der Waals surface area contributed by atoms with E-state index in [4.69, 9.17) is 5.11 Å². The van der Waals surface area contributed by atoms with Crippen LogP contribution in [-0.4, -0.2) is 39.3 Å². The average Bonchev–Trinajstić information content (AvgIpc) is 2.93. The minimum absolute atomic E-state index is 0.0562. The molecular weight excluding hydrogens is 445 g/mol. The van der Waals surface area contributed by atoms with Crippen molar-refractivity contribution in [2.24, 2.45) is 0 Å². The van der Waals surface area contributed by atoms with E-state index in [9.17, 15) is 23.9 Å². The molecule has 1 aliphatic heterocycles. The van der Waals surface area contributed by atoms with E-state index >= 15 is 0 Å². The maximum atomic E-state index is 14.6. The summed E-state index contributed by atoms with van der Waals surface area (Å²) in [6, 6.07) is 11.0. The Balaban J connectivity index is 2.12. The van der Waals surface area contributed by atoms with Crippen LogP contribution < -0.4 is 0 Å². The molecule has 0 spiro atoms. The molecule has 0 aromatic heterocycles. The lowest BCUT2D eigenvalue weighted by Crippen LogP contribution is -2.31. The second-order valence-electron chi connectivity index (χ2n) is 6.52. The van der Waals surface area contributed by atoms with E-state index in [1.54, 1.807) is 30.3 Å². The second-order valence-corrected chi connectivity index (χ2v) is 7.43. The molecule has 1 amide bonds. The fraction of sp³-hybridized carbons (Fsp3) is 0.190. The number of benzene rings is 2. The number of likely N-dealkylation sites (tertiary alicyclic amines) is 1. The van der Waals surface area contributed by atoms with Gasteiger partial charge in [-0.2, -0.15) is 0 Å². The Morgan fingerprint density at radius 1 is 1.07 bits per heavy atom. The van der Waals surface area contributed by atoms with Crippen molar-refractivity contribution in [1.82, 2.24) is 4.90 Å². The number of hydrogen-bond donors (Lipinski definition) is 2. The van der Waals surface area contributed by atoms with Crippen LogP contribution >= 0.6 is 15.9 Å². The highest BCUT2D eigenvalue weighted by atomic mass is 79.9. The van der Waals surface area contributed by atoms with E-state index in [-0.39, 0.29) is 30.5 Å². The van der Waals surface area contributed by atoms with Gasteiger partial charge in [-0.15, -0.1) is 0 Å². The van der Waals surface area contributed by atoms with Gasteiger partial charge in [0.15, 0.2) is 0 Å². The average molecular weight is 462 g/mol. The van der Waals surface area contributed by atoms with E-state index in [1.807, 2.05) is 0 Å². The Morgan fingerprint density at radius 2 is 1.72 bits per heavy atom. The predicted molar refractivity (Wildman–Crippen MR) is 106 cm³/mol. The van der Waals surface area contributed by atoms with E-state index in [2.05, 4.69) is 15.9 Å². The number of aliphatic hydroxyl groups excluding tert-OH is 1. The highest BCUT2D eigenvalue weighted by molar-refractivity contribution is 9.10. The first-order valence-corrected chi connectivity index (χ1v) is 9.61. The van der Waals surface area contributed by atoms with Crippen LogP contribution in [0.15, 0.2) is 58.6 Å². The number of amides is 1. The summed E-state index contributed by atoms with van der Waals surface area (Å²) in [5.41, 5.74) is 0.136. The highest BCUT2D eigenvalue weighted by Gasteiger charge is 2.46. The Labute approximate surface area is 174 Å². The van der Waals surface area contributed by atoms with Crippen molar-refractivity contribution >= 4 is 39.3 Å². The van der Waals surface area contributed by atoms with Crippen LogP contribution in [0.5, 0.6) is 0 Å². The van der Waals surface area contributed by atoms with E-state index in [0.717, 1.165) is 9.37 Å². The first kappa shape index (κ1) is 20.7. The molecule has 1 heterocycles. The van der Waals surface area contributed by atoms with Gasteiger partial charge >= 0.3 is 5.97 Å². The summed E-state index contributed by atoms with van der Waals surface area (Å²) in [5, 5.41) is 19.7. The number of carboxylic acids is 1. The fourth-order valence-electron chi connectivity index (χ4n) is 3.29. The largest absolute Gasteiger partial charge is 0.507 e. The number of nitrogens with zero attached hydrogens (tertiary/aromatic N) is 1. The molecule has 2 aromatic rings. The highest BCUT2D eigenvalue weighted by Crippen LogP contribution is 2.40. The van der Waals surface area contributed by atoms with Crippen molar-refractivity contribution in [1.29, 1.82) is 0 Å². The lowest BCUT2D eigenvalue weighted by Gasteiger charge is -2.25. The molecule has 0 radical (unpaired) electrons. The predicted octanol–water partition coefficient (Wildman–Crippen LogP) is 3.87.